The van der Waals surface area contributed by atoms with Crippen LogP contribution in [0.1, 0.15) is 10.5 Å². The minimum absolute atomic E-state index is 0.250. The van der Waals surface area contributed by atoms with Crippen LogP contribution in [0.2, 0.25) is 0 Å². The van der Waals surface area contributed by atoms with Crippen molar-refractivity contribution in [2.45, 2.75) is 0 Å². The van der Waals surface area contributed by atoms with Gasteiger partial charge in [0.15, 0.2) is 11.5 Å². The van der Waals surface area contributed by atoms with Gasteiger partial charge in [0.25, 0.3) is 5.91 Å². The Morgan fingerprint density at radius 2 is 2.11 bits per heavy atom. The average molecular weight is 264 g/mol. The minimum atomic E-state index is -0.542. The number of carbonyl (C=O) groups is 1. The second-order valence-corrected chi connectivity index (χ2v) is 4.30. The van der Waals surface area contributed by atoms with E-state index in [2.05, 4.69) is 4.98 Å². The molecule has 0 radical (unpaired) electrons. The molecule has 6 heteroatoms. The van der Waals surface area contributed by atoms with Gasteiger partial charge in [-0.15, -0.1) is 11.3 Å². The molecule has 0 saturated heterocycles. The van der Waals surface area contributed by atoms with Gasteiger partial charge in [0.05, 0.1) is 19.8 Å². The smallest absolute Gasteiger partial charge is 0.268 e. The minimum Gasteiger partial charge on any atom is -0.493 e. The zero-order valence-corrected chi connectivity index (χ0v) is 10.8. The lowest BCUT2D eigenvalue weighted by molar-refractivity contribution is 0.0996. The summed E-state index contributed by atoms with van der Waals surface area (Å²) in [7, 11) is 3.13. The standard InChI is InChI=1S/C12H12N2O3S/c1-16-9-5-3-4-7(10(9)17-2)12-14-8(6-18-12)11(13)15/h3-6H,1-2H3,(H2,13,15). The summed E-state index contributed by atoms with van der Waals surface area (Å²) >= 11 is 1.33. The highest BCUT2D eigenvalue weighted by Crippen LogP contribution is 2.38. The number of primary amides is 1. The van der Waals surface area contributed by atoms with E-state index in [1.165, 1.54) is 11.3 Å². The molecule has 0 aliphatic carbocycles. The summed E-state index contributed by atoms with van der Waals surface area (Å²) in [5, 5.41) is 2.29. The second-order valence-electron chi connectivity index (χ2n) is 3.44. The van der Waals surface area contributed by atoms with Crippen LogP contribution in [0.4, 0.5) is 0 Å². The number of benzene rings is 1. The van der Waals surface area contributed by atoms with Gasteiger partial charge in [0.2, 0.25) is 0 Å². The molecule has 1 heterocycles. The number of hydrogen-bond acceptors (Lipinski definition) is 5. The van der Waals surface area contributed by atoms with Gasteiger partial charge in [-0.05, 0) is 12.1 Å². The molecule has 0 saturated carbocycles. The topological polar surface area (TPSA) is 74.4 Å². The number of rotatable bonds is 4. The van der Waals surface area contributed by atoms with Crippen LogP contribution in [0.25, 0.3) is 10.6 Å². The third-order valence-electron chi connectivity index (χ3n) is 2.39. The Balaban J connectivity index is 2.52. The summed E-state index contributed by atoms with van der Waals surface area (Å²) in [5.74, 6) is 0.663. The van der Waals surface area contributed by atoms with Crippen molar-refractivity contribution in [1.29, 1.82) is 0 Å². The molecule has 18 heavy (non-hydrogen) atoms. The first-order valence-corrected chi connectivity index (χ1v) is 6.02. The van der Waals surface area contributed by atoms with E-state index in [-0.39, 0.29) is 5.69 Å². The quantitative estimate of drug-likeness (QED) is 0.915. The Bertz CT molecular complexity index is 580. The largest absolute Gasteiger partial charge is 0.493 e. The van der Waals surface area contributed by atoms with Crippen molar-refractivity contribution in [1.82, 2.24) is 4.98 Å². The van der Waals surface area contributed by atoms with Crippen molar-refractivity contribution in [2.75, 3.05) is 14.2 Å². The number of thiazole rings is 1. The van der Waals surface area contributed by atoms with Gasteiger partial charge < -0.3 is 15.2 Å². The maximum Gasteiger partial charge on any atom is 0.268 e. The zero-order chi connectivity index (χ0) is 13.1. The van der Waals surface area contributed by atoms with Crippen LogP contribution >= 0.6 is 11.3 Å². The van der Waals surface area contributed by atoms with E-state index in [9.17, 15) is 4.79 Å². The van der Waals surface area contributed by atoms with Crippen molar-refractivity contribution in [2.24, 2.45) is 5.73 Å². The van der Waals surface area contributed by atoms with Crippen molar-refractivity contribution in [3.05, 3.63) is 29.3 Å². The van der Waals surface area contributed by atoms with Crippen LogP contribution in [0, 0.1) is 0 Å². The van der Waals surface area contributed by atoms with E-state index in [1.807, 2.05) is 12.1 Å². The number of carbonyl (C=O) groups excluding carboxylic acids is 1. The predicted molar refractivity (Wildman–Crippen MR) is 69.2 cm³/mol. The highest BCUT2D eigenvalue weighted by Gasteiger charge is 2.15. The molecule has 0 unspecified atom stereocenters. The number of nitrogens with zero attached hydrogens (tertiary/aromatic N) is 1. The van der Waals surface area contributed by atoms with Crippen molar-refractivity contribution in [3.8, 4) is 22.1 Å². The van der Waals surface area contributed by atoms with Gasteiger partial charge in [-0.2, -0.15) is 0 Å². The maximum absolute atomic E-state index is 11.0. The van der Waals surface area contributed by atoms with E-state index < -0.39 is 5.91 Å². The van der Waals surface area contributed by atoms with E-state index in [0.717, 1.165) is 5.56 Å². The lowest BCUT2D eigenvalue weighted by atomic mass is 10.2. The highest BCUT2D eigenvalue weighted by atomic mass is 32.1. The molecule has 2 aromatic rings. The molecule has 1 aromatic heterocycles. The summed E-state index contributed by atoms with van der Waals surface area (Å²) in [4.78, 5) is 15.2. The molecule has 94 valence electrons. The highest BCUT2D eigenvalue weighted by molar-refractivity contribution is 7.13. The number of ether oxygens (including phenoxy) is 2. The molecule has 0 aliphatic rings. The van der Waals surface area contributed by atoms with Crippen molar-refractivity contribution in [3.63, 3.8) is 0 Å². The number of para-hydroxylation sites is 1. The lowest BCUT2D eigenvalue weighted by Gasteiger charge is -2.10. The summed E-state index contributed by atoms with van der Waals surface area (Å²) in [6.45, 7) is 0. The first kappa shape index (κ1) is 12.4. The van der Waals surface area contributed by atoms with Crippen LogP contribution in [0.3, 0.4) is 0 Å². The van der Waals surface area contributed by atoms with Gasteiger partial charge in [-0.25, -0.2) is 4.98 Å². The Morgan fingerprint density at radius 3 is 2.67 bits per heavy atom. The first-order valence-electron chi connectivity index (χ1n) is 5.14. The second kappa shape index (κ2) is 5.05. The lowest BCUT2D eigenvalue weighted by Crippen LogP contribution is -2.10. The third kappa shape index (κ3) is 2.14. The van der Waals surface area contributed by atoms with Gasteiger partial charge in [0, 0.05) is 5.38 Å². The fourth-order valence-corrected chi connectivity index (χ4v) is 2.40. The SMILES string of the molecule is COc1cccc(-c2nc(C(N)=O)cs2)c1OC. The van der Waals surface area contributed by atoms with Crippen molar-refractivity contribution >= 4 is 17.2 Å². The zero-order valence-electron chi connectivity index (χ0n) is 9.97. The molecular weight excluding hydrogens is 252 g/mol. The summed E-state index contributed by atoms with van der Waals surface area (Å²) in [5.41, 5.74) is 6.20. The molecule has 0 aliphatic heterocycles. The molecule has 0 spiro atoms. The molecule has 1 aromatic carbocycles. The molecule has 2 rings (SSSR count). The predicted octanol–water partition coefficient (Wildman–Crippen LogP) is 1.93. The number of methoxy groups -OCH3 is 2. The maximum atomic E-state index is 11.0. The third-order valence-corrected chi connectivity index (χ3v) is 3.27. The molecule has 5 nitrogen and oxygen atoms in total. The average Bonchev–Trinajstić information content (AvgIpc) is 2.87. The van der Waals surface area contributed by atoms with Gasteiger partial charge >= 0.3 is 0 Å². The van der Waals surface area contributed by atoms with E-state index in [1.54, 1.807) is 25.7 Å². The van der Waals surface area contributed by atoms with Crippen LogP contribution in [-0.4, -0.2) is 25.1 Å². The number of nitrogens with two attached hydrogens (primary N) is 1. The summed E-state index contributed by atoms with van der Waals surface area (Å²) < 4.78 is 10.5. The fourth-order valence-electron chi connectivity index (χ4n) is 1.57. The molecule has 0 fully saturated rings. The first-order chi connectivity index (χ1) is 8.67. The summed E-state index contributed by atoms with van der Waals surface area (Å²) in [6.07, 6.45) is 0. The monoisotopic (exact) mass is 264 g/mol. The van der Waals surface area contributed by atoms with E-state index in [4.69, 9.17) is 15.2 Å². The van der Waals surface area contributed by atoms with Crippen LogP contribution in [0.15, 0.2) is 23.6 Å². The van der Waals surface area contributed by atoms with Crippen LogP contribution < -0.4 is 15.2 Å². The normalized spacial score (nSPS) is 10.1. The molecule has 0 bridgehead atoms. The fraction of sp³-hybridized carbons (Fsp3) is 0.167. The van der Waals surface area contributed by atoms with Crippen LogP contribution in [-0.2, 0) is 0 Å². The molecular formula is C12H12N2O3S. The van der Waals surface area contributed by atoms with E-state index >= 15 is 0 Å². The Morgan fingerprint density at radius 1 is 1.33 bits per heavy atom. The number of hydrogen-bond donors (Lipinski definition) is 1. The van der Waals surface area contributed by atoms with Crippen LogP contribution in [0.5, 0.6) is 11.5 Å². The molecule has 1 amide bonds. The Hall–Kier alpha value is -2.08. The summed E-state index contributed by atoms with van der Waals surface area (Å²) in [6, 6.07) is 5.48. The molecule has 0 atom stereocenters. The Labute approximate surface area is 108 Å². The van der Waals surface area contributed by atoms with Crippen molar-refractivity contribution < 1.29 is 14.3 Å². The number of amides is 1. The van der Waals surface area contributed by atoms with Gasteiger partial charge in [0.1, 0.15) is 10.7 Å². The Kier molecular flexibility index (Phi) is 3.47. The van der Waals surface area contributed by atoms with Gasteiger partial charge in [-0.3, -0.25) is 4.79 Å². The molecule has 2 N–H and O–H groups in total. The van der Waals surface area contributed by atoms with Gasteiger partial charge in [-0.1, -0.05) is 6.07 Å². The van der Waals surface area contributed by atoms with E-state index in [0.29, 0.717) is 16.5 Å². The number of aromatic nitrogens is 1.